The number of allylic oxidation sites excluding steroid dienone is 2. The van der Waals surface area contributed by atoms with Gasteiger partial charge in [-0.1, -0.05) is 13.5 Å². The Labute approximate surface area is 87.2 Å². The number of nitrogens with zero attached hydrogens (tertiary/aromatic N) is 2. The molecule has 0 aromatic carbocycles. The first-order valence-corrected chi connectivity index (χ1v) is 4.90. The number of aliphatic imine (C=N–C) groups is 2. The van der Waals surface area contributed by atoms with E-state index in [-0.39, 0.29) is 0 Å². The Kier molecular flexibility index (Phi) is 5.77. The molecule has 0 N–H and O–H groups in total. The zero-order valence-electron chi connectivity index (χ0n) is 9.89. The van der Waals surface area contributed by atoms with Crippen molar-refractivity contribution in [1.82, 2.24) is 0 Å². The molecule has 0 heterocycles. The van der Waals surface area contributed by atoms with Gasteiger partial charge in [0, 0.05) is 11.4 Å². The highest BCUT2D eigenvalue weighted by Crippen LogP contribution is 2.08. The lowest BCUT2D eigenvalue weighted by molar-refractivity contribution is 1.12. The zero-order valence-corrected chi connectivity index (χ0v) is 9.89. The fourth-order valence-corrected chi connectivity index (χ4v) is 0.721. The second kappa shape index (κ2) is 6.30. The molecule has 2 nitrogen and oxygen atoms in total. The maximum atomic E-state index is 4.44. The van der Waals surface area contributed by atoms with Gasteiger partial charge in [0.05, 0.1) is 0 Å². The van der Waals surface area contributed by atoms with Crippen LogP contribution in [0.4, 0.5) is 0 Å². The molecule has 0 atom stereocenters. The Morgan fingerprint density at radius 3 is 2.07 bits per heavy atom. The summed E-state index contributed by atoms with van der Waals surface area (Å²) in [5.41, 5.74) is 3.12. The second-order valence-electron chi connectivity index (χ2n) is 3.48. The molecule has 14 heavy (non-hydrogen) atoms. The quantitative estimate of drug-likeness (QED) is 0.606. The molecular formula is C12H20N2. The van der Waals surface area contributed by atoms with Crippen LogP contribution in [-0.2, 0) is 0 Å². The van der Waals surface area contributed by atoms with E-state index in [4.69, 9.17) is 0 Å². The molecule has 0 aromatic heterocycles. The summed E-state index contributed by atoms with van der Waals surface area (Å²) in [7, 11) is 0. The third-order valence-corrected chi connectivity index (χ3v) is 1.83. The smallest absolute Gasteiger partial charge is 0.150 e. The van der Waals surface area contributed by atoms with Gasteiger partial charge in [-0.25, -0.2) is 9.98 Å². The standard InChI is InChI=1S/C12H20N2/c1-7-10(5)13-12(9(3)4)14-11(6)8-2/h7H,1,8H2,2-6H3. The van der Waals surface area contributed by atoms with Crippen LogP contribution in [0.5, 0.6) is 0 Å². The van der Waals surface area contributed by atoms with Gasteiger partial charge in [0.25, 0.3) is 0 Å². The fraction of sp³-hybridized carbons (Fsp3) is 0.500. The van der Waals surface area contributed by atoms with E-state index < -0.39 is 0 Å². The molecule has 0 rings (SSSR count). The summed E-state index contributed by atoms with van der Waals surface area (Å²) in [5, 5.41) is 0. The Bertz CT molecular complexity index is 289. The van der Waals surface area contributed by atoms with E-state index in [1.54, 1.807) is 6.08 Å². The van der Waals surface area contributed by atoms with Gasteiger partial charge in [-0.05, 0) is 45.8 Å². The summed E-state index contributed by atoms with van der Waals surface area (Å²) in [6, 6.07) is 0. The minimum atomic E-state index is 0.807. The number of rotatable bonds is 4. The van der Waals surface area contributed by atoms with Crippen LogP contribution in [0, 0.1) is 0 Å². The lowest BCUT2D eigenvalue weighted by atomic mass is 10.3. The van der Waals surface area contributed by atoms with Crippen molar-refractivity contribution in [3.05, 3.63) is 24.0 Å². The summed E-state index contributed by atoms with van der Waals surface area (Å²) in [6.45, 7) is 13.7. The molecule has 0 radical (unpaired) electrons. The van der Waals surface area contributed by atoms with Crippen molar-refractivity contribution >= 4 is 11.4 Å². The highest BCUT2D eigenvalue weighted by atomic mass is 15.0. The summed E-state index contributed by atoms with van der Waals surface area (Å²) >= 11 is 0. The minimum Gasteiger partial charge on any atom is -0.239 e. The summed E-state index contributed by atoms with van der Waals surface area (Å²) in [4.78, 5) is 8.82. The Morgan fingerprint density at radius 2 is 1.71 bits per heavy atom. The number of hydrogen-bond donors (Lipinski definition) is 0. The van der Waals surface area contributed by atoms with Gasteiger partial charge >= 0.3 is 0 Å². The Hall–Kier alpha value is -1.18. The van der Waals surface area contributed by atoms with E-state index in [1.807, 2.05) is 27.7 Å². The van der Waals surface area contributed by atoms with Crippen LogP contribution in [-0.4, -0.2) is 11.4 Å². The van der Waals surface area contributed by atoms with Crippen molar-refractivity contribution in [3.8, 4) is 0 Å². The van der Waals surface area contributed by atoms with Crippen molar-refractivity contribution < 1.29 is 0 Å². The molecule has 0 saturated carbocycles. The van der Waals surface area contributed by atoms with Gasteiger partial charge in [-0.2, -0.15) is 0 Å². The molecule has 0 unspecified atom stereocenters. The van der Waals surface area contributed by atoms with Gasteiger partial charge in [0.1, 0.15) is 0 Å². The second-order valence-corrected chi connectivity index (χ2v) is 3.48. The molecule has 0 fully saturated rings. The van der Waals surface area contributed by atoms with E-state index in [1.165, 1.54) is 0 Å². The first kappa shape index (κ1) is 12.8. The van der Waals surface area contributed by atoms with Crippen LogP contribution < -0.4 is 0 Å². The monoisotopic (exact) mass is 192 g/mol. The largest absolute Gasteiger partial charge is 0.239 e. The molecule has 0 aliphatic rings. The average molecular weight is 192 g/mol. The molecule has 0 amide bonds. The van der Waals surface area contributed by atoms with Crippen molar-refractivity contribution in [2.24, 2.45) is 9.98 Å². The third kappa shape index (κ3) is 4.75. The predicted molar refractivity (Wildman–Crippen MR) is 65.1 cm³/mol. The molecule has 2 heteroatoms. The van der Waals surface area contributed by atoms with Gasteiger partial charge in [0.2, 0.25) is 0 Å². The molecular weight excluding hydrogens is 172 g/mol. The molecule has 0 bridgehead atoms. The normalized spacial score (nSPS) is 12.6. The Morgan fingerprint density at radius 1 is 1.14 bits per heavy atom. The molecule has 0 aromatic rings. The molecule has 0 aliphatic heterocycles. The van der Waals surface area contributed by atoms with Gasteiger partial charge in [-0.15, -0.1) is 0 Å². The number of hydrogen-bond acceptors (Lipinski definition) is 2. The van der Waals surface area contributed by atoms with Crippen LogP contribution in [0.2, 0.25) is 0 Å². The van der Waals surface area contributed by atoms with E-state index in [0.29, 0.717) is 0 Å². The highest BCUT2D eigenvalue weighted by Gasteiger charge is 1.96. The van der Waals surface area contributed by atoms with E-state index >= 15 is 0 Å². The van der Waals surface area contributed by atoms with Crippen LogP contribution >= 0.6 is 0 Å². The molecule has 78 valence electrons. The van der Waals surface area contributed by atoms with Gasteiger partial charge < -0.3 is 0 Å². The maximum Gasteiger partial charge on any atom is 0.150 e. The van der Waals surface area contributed by atoms with Crippen LogP contribution in [0.15, 0.2) is 34.0 Å². The first-order chi connectivity index (χ1) is 6.51. The maximum absolute atomic E-state index is 4.44. The summed E-state index contributed by atoms with van der Waals surface area (Å²) in [5.74, 6) is 0.807. The minimum absolute atomic E-state index is 0.807. The van der Waals surface area contributed by atoms with Gasteiger partial charge in [-0.3, -0.25) is 0 Å². The van der Waals surface area contributed by atoms with Crippen LogP contribution in [0.25, 0.3) is 0 Å². The summed E-state index contributed by atoms with van der Waals surface area (Å²) in [6.07, 6.45) is 2.69. The zero-order chi connectivity index (χ0) is 11.1. The third-order valence-electron chi connectivity index (χ3n) is 1.83. The van der Waals surface area contributed by atoms with Crippen molar-refractivity contribution in [2.75, 3.05) is 0 Å². The lowest BCUT2D eigenvalue weighted by Gasteiger charge is -2.01. The molecule has 0 aliphatic carbocycles. The lowest BCUT2D eigenvalue weighted by Crippen LogP contribution is -1.92. The Balaban J connectivity index is 5.02. The van der Waals surface area contributed by atoms with Crippen LogP contribution in [0.1, 0.15) is 41.0 Å². The highest BCUT2D eigenvalue weighted by molar-refractivity contribution is 5.93. The topological polar surface area (TPSA) is 24.7 Å². The van der Waals surface area contributed by atoms with Crippen LogP contribution in [0.3, 0.4) is 0 Å². The van der Waals surface area contributed by atoms with E-state index in [9.17, 15) is 0 Å². The summed E-state index contributed by atoms with van der Waals surface area (Å²) < 4.78 is 0. The van der Waals surface area contributed by atoms with Crippen molar-refractivity contribution in [3.63, 3.8) is 0 Å². The molecule has 0 saturated heterocycles. The van der Waals surface area contributed by atoms with Crippen molar-refractivity contribution in [1.29, 1.82) is 0 Å². The fourth-order valence-electron chi connectivity index (χ4n) is 0.721. The predicted octanol–water partition coefficient (Wildman–Crippen LogP) is 3.76. The molecule has 0 spiro atoms. The van der Waals surface area contributed by atoms with E-state index in [0.717, 1.165) is 29.2 Å². The van der Waals surface area contributed by atoms with Gasteiger partial charge in [0.15, 0.2) is 5.82 Å². The van der Waals surface area contributed by atoms with E-state index in [2.05, 4.69) is 23.5 Å². The average Bonchev–Trinajstić information content (AvgIpc) is 2.16. The SMILES string of the molecule is C=CC(C)=NC(N=C(C)CC)=C(C)C. The van der Waals surface area contributed by atoms with Crippen molar-refractivity contribution in [2.45, 2.75) is 41.0 Å². The first-order valence-electron chi connectivity index (χ1n) is 4.90.